The number of para-hydroxylation sites is 1. The van der Waals surface area contributed by atoms with E-state index in [2.05, 4.69) is 56.9 Å². The number of aliphatic imine (C=N–C) groups is 1. The first-order valence-electron chi connectivity index (χ1n) is 9.38. The second-order valence-electron chi connectivity index (χ2n) is 6.68. The van der Waals surface area contributed by atoms with Gasteiger partial charge in [-0.2, -0.15) is 0 Å². The lowest BCUT2D eigenvalue weighted by Gasteiger charge is -2.34. The summed E-state index contributed by atoms with van der Waals surface area (Å²) < 4.78 is 5.35. The van der Waals surface area contributed by atoms with Gasteiger partial charge < -0.3 is 20.3 Å². The molecule has 144 valence electrons. The highest BCUT2D eigenvalue weighted by Gasteiger charge is 2.20. The van der Waals surface area contributed by atoms with Crippen molar-refractivity contribution in [1.29, 1.82) is 0 Å². The van der Waals surface area contributed by atoms with Gasteiger partial charge in [-0.1, -0.05) is 29.8 Å². The Morgan fingerprint density at radius 1 is 1.23 bits per heavy atom. The van der Waals surface area contributed by atoms with Gasteiger partial charge in [0.2, 0.25) is 0 Å². The summed E-state index contributed by atoms with van der Waals surface area (Å²) in [6, 6.07) is 11.2. The number of rotatable bonds is 5. The lowest BCUT2D eigenvalue weighted by Crippen LogP contribution is -2.49. The highest BCUT2D eigenvalue weighted by Crippen LogP contribution is 2.19. The van der Waals surface area contributed by atoms with Gasteiger partial charge in [-0.3, -0.25) is 4.99 Å². The zero-order valence-corrected chi connectivity index (χ0v) is 17.9. The van der Waals surface area contributed by atoms with Crippen molar-refractivity contribution in [1.82, 2.24) is 10.6 Å². The number of hydrogen-bond donors (Lipinski definition) is 2. The van der Waals surface area contributed by atoms with Gasteiger partial charge in [0.05, 0.1) is 13.2 Å². The van der Waals surface area contributed by atoms with Crippen molar-refractivity contribution >= 4 is 35.6 Å². The number of ether oxygens (including phenoxy) is 1. The van der Waals surface area contributed by atoms with Crippen LogP contribution in [0.2, 0.25) is 0 Å². The topological polar surface area (TPSA) is 48.9 Å². The van der Waals surface area contributed by atoms with Crippen LogP contribution in [0.3, 0.4) is 0 Å². The maximum Gasteiger partial charge on any atom is 0.191 e. The average Bonchev–Trinajstić information content (AvgIpc) is 2.69. The molecule has 0 radical (unpaired) electrons. The Balaban J connectivity index is 0.00000243. The molecule has 1 saturated heterocycles. The second kappa shape index (κ2) is 11.4. The molecule has 1 fully saturated rings. The first-order chi connectivity index (χ1) is 12.3. The summed E-state index contributed by atoms with van der Waals surface area (Å²) in [4.78, 5) is 6.84. The molecule has 0 unspecified atom stereocenters. The monoisotopic (exact) mass is 470 g/mol. The molecule has 2 heterocycles. The molecule has 0 amide bonds. The third kappa shape index (κ3) is 6.46. The van der Waals surface area contributed by atoms with Crippen LogP contribution in [0, 0.1) is 0 Å². The number of benzene rings is 1. The Bertz CT molecular complexity index is 583. The third-order valence-corrected chi connectivity index (χ3v) is 4.98. The van der Waals surface area contributed by atoms with Crippen LogP contribution in [-0.4, -0.2) is 51.9 Å². The molecule has 2 aliphatic heterocycles. The lowest BCUT2D eigenvalue weighted by atomic mass is 10.0. The first kappa shape index (κ1) is 21.0. The first-order valence-corrected chi connectivity index (χ1v) is 9.38. The maximum atomic E-state index is 5.35. The summed E-state index contributed by atoms with van der Waals surface area (Å²) in [5.74, 6) is 0.922. The van der Waals surface area contributed by atoms with Gasteiger partial charge in [0.25, 0.3) is 0 Å². The minimum absolute atomic E-state index is 0. The van der Waals surface area contributed by atoms with Crippen LogP contribution in [-0.2, 0) is 4.74 Å². The van der Waals surface area contributed by atoms with Crippen LogP contribution >= 0.6 is 24.0 Å². The van der Waals surface area contributed by atoms with E-state index in [1.165, 1.54) is 11.3 Å². The molecular weight excluding hydrogens is 439 g/mol. The summed E-state index contributed by atoms with van der Waals surface area (Å²) in [7, 11) is 1.85. The number of piperidine rings is 1. The fourth-order valence-corrected chi connectivity index (χ4v) is 3.44. The fraction of sp³-hybridized carbons (Fsp3) is 0.550. The van der Waals surface area contributed by atoms with Crippen molar-refractivity contribution in [2.75, 3.05) is 44.8 Å². The number of nitrogens with zero attached hydrogens (tertiary/aromatic N) is 2. The predicted octanol–water partition coefficient (Wildman–Crippen LogP) is 3.18. The van der Waals surface area contributed by atoms with Gasteiger partial charge in [-0.15, -0.1) is 24.0 Å². The quantitative estimate of drug-likeness (QED) is 0.301. The molecule has 1 aromatic carbocycles. The van der Waals surface area contributed by atoms with Gasteiger partial charge >= 0.3 is 0 Å². The molecule has 6 heteroatoms. The summed E-state index contributed by atoms with van der Waals surface area (Å²) in [6.07, 6.45) is 6.61. The molecule has 0 bridgehead atoms. The predicted molar refractivity (Wildman–Crippen MR) is 120 cm³/mol. The minimum Gasteiger partial charge on any atom is -0.377 e. The van der Waals surface area contributed by atoms with E-state index >= 15 is 0 Å². The number of anilines is 1. The standard InChI is InChI=1S/C20H30N4O.HI/c1-21-20(22-12-7-17-10-15-25-16-11-17)23-18-8-13-24(14-9-18)19-5-3-2-4-6-19;/h2-6,10,18H,7-9,11-16H2,1H3,(H2,21,22,23);1H. The molecule has 0 spiro atoms. The third-order valence-electron chi connectivity index (χ3n) is 4.98. The van der Waals surface area contributed by atoms with E-state index in [0.29, 0.717) is 6.04 Å². The lowest BCUT2D eigenvalue weighted by molar-refractivity contribution is 0.153. The molecule has 0 saturated carbocycles. The Kier molecular flexibility index (Phi) is 9.25. The molecule has 1 aromatic rings. The number of halogens is 1. The van der Waals surface area contributed by atoms with Crippen molar-refractivity contribution in [3.8, 4) is 0 Å². The minimum atomic E-state index is 0. The van der Waals surface area contributed by atoms with Gasteiger partial charge in [-0.05, 0) is 37.8 Å². The average molecular weight is 470 g/mol. The van der Waals surface area contributed by atoms with Crippen molar-refractivity contribution in [2.45, 2.75) is 31.7 Å². The number of hydrogen-bond acceptors (Lipinski definition) is 3. The Morgan fingerprint density at radius 3 is 2.65 bits per heavy atom. The maximum absolute atomic E-state index is 5.35. The van der Waals surface area contributed by atoms with E-state index < -0.39 is 0 Å². The van der Waals surface area contributed by atoms with Gasteiger partial charge in [0.15, 0.2) is 5.96 Å². The Hall–Kier alpha value is -1.28. The summed E-state index contributed by atoms with van der Waals surface area (Å²) >= 11 is 0. The molecule has 0 atom stereocenters. The SMILES string of the molecule is CN=C(NCCC1=CCOCC1)NC1CCN(c2ccccc2)CC1.I. The van der Waals surface area contributed by atoms with Crippen LogP contribution in [0.1, 0.15) is 25.7 Å². The summed E-state index contributed by atoms with van der Waals surface area (Å²) in [5, 5.41) is 7.03. The number of nitrogens with one attached hydrogen (secondary N) is 2. The molecule has 0 aliphatic carbocycles. The van der Waals surface area contributed by atoms with Crippen molar-refractivity contribution in [2.24, 2.45) is 4.99 Å². The normalized spacial score (nSPS) is 18.7. The molecule has 2 N–H and O–H groups in total. The van der Waals surface area contributed by atoms with E-state index in [1.807, 2.05) is 7.05 Å². The van der Waals surface area contributed by atoms with E-state index in [-0.39, 0.29) is 24.0 Å². The molecule has 3 rings (SSSR count). The van der Waals surface area contributed by atoms with Crippen LogP contribution < -0.4 is 15.5 Å². The summed E-state index contributed by atoms with van der Waals surface area (Å²) in [6.45, 7) is 4.73. The van der Waals surface area contributed by atoms with Crippen LogP contribution in [0.15, 0.2) is 47.0 Å². The zero-order valence-electron chi connectivity index (χ0n) is 15.6. The van der Waals surface area contributed by atoms with E-state index in [9.17, 15) is 0 Å². The van der Waals surface area contributed by atoms with Crippen molar-refractivity contribution in [3.63, 3.8) is 0 Å². The van der Waals surface area contributed by atoms with Gasteiger partial charge in [0, 0.05) is 38.4 Å². The fourth-order valence-electron chi connectivity index (χ4n) is 3.44. The van der Waals surface area contributed by atoms with Crippen molar-refractivity contribution < 1.29 is 4.74 Å². The van der Waals surface area contributed by atoms with Gasteiger partial charge in [0.1, 0.15) is 0 Å². The smallest absolute Gasteiger partial charge is 0.191 e. The van der Waals surface area contributed by atoms with Crippen molar-refractivity contribution in [3.05, 3.63) is 42.0 Å². The highest BCUT2D eigenvalue weighted by molar-refractivity contribution is 14.0. The Morgan fingerprint density at radius 2 is 2.00 bits per heavy atom. The zero-order chi connectivity index (χ0) is 17.3. The number of guanidine groups is 1. The van der Waals surface area contributed by atoms with Crippen LogP contribution in [0.4, 0.5) is 5.69 Å². The van der Waals surface area contributed by atoms with Crippen LogP contribution in [0.5, 0.6) is 0 Å². The van der Waals surface area contributed by atoms with Gasteiger partial charge in [-0.25, -0.2) is 0 Å². The molecule has 5 nitrogen and oxygen atoms in total. The molecular formula is C20H31IN4O. The van der Waals surface area contributed by atoms with E-state index in [4.69, 9.17) is 4.74 Å². The summed E-state index contributed by atoms with van der Waals surface area (Å²) in [5.41, 5.74) is 2.82. The largest absolute Gasteiger partial charge is 0.377 e. The molecule has 0 aromatic heterocycles. The van der Waals surface area contributed by atoms with E-state index in [1.54, 1.807) is 0 Å². The Labute approximate surface area is 174 Å². The van der Waals surface area contributed by atoms with E-state index in [0.717, 1.165) is 64.5 Å². The molecule has 2 aliphatic rings. The highest BCUT2D eigenvalue weighted by atomic mass is 127. The molecule has 26 heavy (non-hydrogen) atoms. The second-order valence-corrected chi connectivity index (χ2v) is 6.68. The van der Waals surface area contributed by atoms with Crippen LogP contribution in [0.25, 0.3) is 0 Å².